The Morgan fingerprint density at radius 1 is 1.47 bits per heavy atom. The molecule has 3 heterocycles. The number of aryl methyl sites for hydroxylation is 2. The topological polar surface area (TPSA) is 51.4 Å². The lowest BCUT2D eigenvalue weighted by Crippen LogP contribution is -2.37. The van der Waals surface area contributed by atoms with Crippen molar-refractivity contribution in [3.05, 3.63) is 33.9 Å². The first kappa shape index (κ1) is 12.8. The first-order valence-corrected chi connectivity index (χ1v) is 7.26. The molecule has 0 aromatic carbocycles. The van der Waals surface area contributed by atoms with Crippen molar-refractivity contribution in [2.24, 2.45) is 0 Å². The molecule has 1 atom stereocenters. The van der Waals surface area contributed by atoms with Gasteiger partial charge in [0.1, 0.15) is 16.9 Å². The zero-order valence-corrected chi connectivity index (χ0v) is 11.9. The Morgan fingerprint density at radius 2 is 2.37 bits per heavy atom. The summed E-state index contributed by atoms with van der Waals surface area (Å²) in [5.41, 5.74) is 0.972. The molecule has 0 saturated carbocycles. The summed E-state index contributed by atoms with van der Waals surface area (Å²) in [6, 6.07) is 0. The number of rotatable bonds is 3. The van der Waals surface area contributed by atoms with E-state index in [1.165, 1.54) is 0 Å². The van der Waals surface area contributed by atoms with Crippen LogP contribution >= 0.6 is 11.3 Å². The Labute approximate surface area is 116 Å². The first-order valence-electron chi connectivity index (χ1n) is 6.38. The molecular weight excluding hydrogens is 262 g/mol. The van der Waals surface area contributed by atoms with E-state index in [2.05, 4.69) is 14.9 Å². The van der Waals surface area contributed by atoms with Crippen LogP contribution in [0.5, 0.6) is 0 Å². The molecule has 1 aliphatic rings. The molecule has 19 heavy (non-hydrogen) atoms. The third-order valence-electron chi connectivity index (χ3n) is 3.31. The van der Waals surface area contributed by atoms with Gasteiger partial charge in [-0.3, -0.25) is 4.90 Å². The van der Waals surface area contributed by atoms with E-state index >= 15 is 0 Å². The molecule has 0 N–H and O–H groups in total. The van der Waals surface area contributed by atoms with Crippen LogP contribution < -0.4 is 0 Å². The SMILES string of the molecule is Cc1nc(CN2CCOC(c3nccs3)C2)oc1C. The minimum absolute atomic E-state index is 0.0749. The average molecular weight is 279 g/mol. The highest BCUT2D eigenvalue weighted by molar-refractivity contribution is 7.09. The molecule has 6 heteroatoms. The van der Waals surface area contributed by atoms with Crippen LogP contribution in [0.3, 0.4) is 0 Å². The Kier molecular flexibility index (Phi) is 3.63. The normalized spacial score (nSPS) is 20.8. The Bertz CT molecular complexity index is 519. The molecule has 1 fully saturated rings. The molecule has 1 unspecified atom stereocenters. The zero-order valence-electron chi connectivity index (χ0n) is 11.1. The van der Waals surface area contributed by atoms with Gasteiger partial charge in [0.15, 0.2) is 0 Å². The standard InChI is InChI=1S/C13H17N3O2S/c1-9-10(2)18-12(15-9)8-16-4-5-17-11(7-16)13-14-3-6-19-13/h3,6,11H,4-5,7-8H2,1-2H3. The molecule has 1 aliphatic heterocycles. The second-order valence-electron chi connectivity index (χ2n) is 4.71. The van der Waals surface area contributed by atoms with Crippen LogP contribution in [-0.2, 0) is 11.3 Å². The molecule has 102 valence electrons. The van der Waals surface area contributed by atoms with Gasteiger partial charge in [0, 0.05) is 24.7 Å². The van der Waals surface area contributed by atoms with Gasteiger partial charge in [0.2, 0.25) is 5.89 Å². The van der Waals surface area contributed by atoms with Crippen LogP contribution in [0.15, 0.2) is 16.0 Å². The van der Waals surface area contributed by atoms with Gasteiger partial charge in [-0.25, -0.2) is 9.97 Å². The lowest BCUT2D eigenvalue weighted by molar-refractivity contribution is -0.0352. The fourth-order valence-electron chi connectivity index (χ4n) is 2.19. The van der Waals surface area contributed by atoms with Crippen molar-refractivity contribution in [3.63, 3.8) is 0 Å². The average Bonchev–Trinajstić information content (AvgIpc) is 3.01. The summed E-state index contributed by atoms with van der Waals surface area (Å²) < 4.78 is 11.4. The van der Waals surface area contributed by atoms with Crippen LogP contribution in [0.4, 0.5) is 0 Å². The fraction of sp³-hybridized carbons (Fsp3) is 0.538. The summed E-state index contributed by atoms with van der Waals surface area (Å²) in [4.78, 5) is 11.1. The van der Waals surface area contributed by atoms with Gasteiger partial charge in [-0.05, 0) is 13.8 Å². The third kappa shape index (κ3) is 2.86. The maximum absolute atomic E-state index is 5.77. The summed E-state index contributed by atoms with van der Waals surface area (Å²) in [5.74, 6) is 1.69. The van der Waals surface area contributed by atoms with E-state index in [9.17, 15) is 0 Å². The molecule has 0 radical (unpaired) electrons. The molecule has 0 spiro atoms. The Hall–Kier alpha value is -1.24. The first-order chi connectivity index (χ1) is 9.22. The van der Waals surface area contributed by atoms with Gasteiger partial charge >= 0.3 is 0 Å². The van der Waals surface area contributed by atoms with Crippen LogP contribution in [0, 0.1) is 13.8 Å². The largest absolute Gasteiger partial charge is 0.444 e. The smallest absolute Gasteiger partial charge is 0.208 e. The van der Waals surface area contributed by atoms with E-state index in [0.29, 0.717) is 0 Å². The lowest BCUT2D eigenvalue weighted by atomic mass is 10.3. The van der Waals surface area contributed by atoms with Crippen LogP contribution in [-0.4, -0.2) is 34.6 Å². The van der Waals surface area contributed by atoms with E-state index in [1.54, 1.807) is 11.3 Å². The van der Waals surface area contributed by atoms with Crippen LogP contribution in [0.25, 0.3) is 0 Å². The number of thiazole rings is 1. The van der Waals surface area contributed by atoms with Crippen molar-refractivity contribution in [2.75, 3.05) is 19.7 Å². The summed E-state index contributed by atoms with van der Waals surface area (Å²) >= 11 is 1.64. The minimum atomic E-state index is 0.0749. The molecule has 0 amide bonds. The van der Waals surface area contributed by atoms with Gasteiger partial charge in [0.25, 0.3) is 0 Å². The minimum Gasteiger partial charge on any atom is -0.444 e. The summed E-state index contributed by atoms with van der Waals surface area (Å²) in [6.45, 7) is 7.13. The summed E-state index contributed by atoms with van der Waals surface area (Å²) in [5, 5.41) is 3.03. The van der Waals surface area contributed by atoms with Crippen LogP contribution in [0.2, 0.25) is 0 Å². The maximum Gasteiger partial charge on any atom is 0.208 e. The number of oxazole rings is 1. The summed E-state index contributed by atoms with van der Waals surface area (Å²) in [7, 11) is 0. The van der Waals surface area contributed by atoms with E-state index in [0.717, 1.165) is 48.6 Å². The van der Waals surface area contributed by atoms with Crippen molar-refractivity contribution in [1.29, 1.82) is 0 Å². The van der Waals surface area contributed by atoms with Gasteiger partial charge in [-0.2, -0.15) is 0 Å². The second kappa shape index (κ2) is 5.40. The molecule has 5 nitrogen and oxygen atoms in total. The lowest BCUT2D eigenvalue weighted by Gasteiger charge is -2.30. The number of hydrogen-bond donors (Lipinski definition) is 0. The predicted octanol–water partition coefficient (Wildman–Crippen LogP) is 2.32. The van der Waals surface area contributed by atoms with Crippen molar-refractivity contribution in [2.45, 2.75) is 26.5 Å². The van der Waals surface area contributed by atoms with Gasteiger partial charge in [0.05, 0.1) is 18.8 Å². The molecule has 1 saturated heterocycles. The Morgan fingerprint density at radius 3 is 3.05 bits per heavy atom. The van der Waals surface area contributed by atoms with Crippen molar-refractivity contribution in [3.8, 4) is 0 Å². The van der Waals surface area contributed by atoms with Crippen molar-refractivity contribution < 1.29 is 9.15 Å². The molecule has 2 aromatic rings. The van der Waals surface area contributed by atoms with Crippen molar-refractivity contribution in [1.82, 2.24) is 14.9 Å². The van der Waals surface area contributed by atoms with Gasteiger partial charge in [-0.15, -0.1) is 11.3 Å². The maximum atomic E-state index is 5.77. The highest BCUT2D eigenvalue weighted by Crippen LogP contribution is 2.24. The van der Waals surface area contributed by atoms with Crippen LogP contribution in [0.1, 0.15) is 28.5 Å². The number of nitrogens with zero attached hydrogens (tertiary/aromatic N) is 3. The number of aromatic nitrogens is 2. The number of morpholine rings is 1. The molecular formula is C13H17N3O2S. The fourth-order valence-corrected chi connectivity index (χ4v) is 2.86. The number of ether oxygens (including phenoxy) is 1. The zero-order chi connectivity index (χ0) is 13.2. The van der Waals surface area contributed by atoms with E-state index in [1.807, 2.05) is 25.4 Å². The highest BCUT2D eigenvalue weighted by Gasteiger charge is 2.24. The van der Waals surface area contributed by atoms with E-state index in [-0.39, 0.29) is 6.10 Å². The molecule has 3 rings (SSSR count). The van der Waals surface area contributed by atoms with E-state index < -0.39 is 0 Å². The predicted molar refractivity (Wildman–Crippen MR) is 72.1 cm³/mol. The van der Waals surface area contributed by atoms with Gasteiger partial charge < -0.3 is 9.15 Å². The quantitative estimate of drug-likeness (QED) is 0.863. The summed E-state index contributed by atoms with van der Waals surface area (Å²) in [6.07, 6.45) is 1.90. The monoisotopic (exact) mass is 279 g/mol. The Balaban J connectivity index is 1.65. The molecule has 2 aromatic heterocycles. The van der Waals surface area contributed by atoms with E-state index in [4.69, 9.17) is 9.15 Å². The third-order valence-corrected chi connectivity index (χ3v) is 4.18. The van der Waals surface area contributed by atoms with Gasteiger partial charge in [-0.1, -0.05) is 0 Å². The molecule has 0 bridgehead atoms. The highest BCUT2D eigenvalue weighted by atomic mass is 32.1. The van der Waals surface area contributed by atoms with Crippen molar-refractivity contribution >= 4 is 11.3 Å². The molecule has 0 aliphatic carbocycles. The number of hydrogen-bond acceptors (Lipinski definition) is 6. The second-order valence-corrected chi connectivity index (χ2v) is 5.64.